The van der Waals surface area contributed by atoms with Gasteiger partial charge in [0.05, 0.1) is 11.4 Å². The van der Waals surface area contributed by atoms with Crippen molar-refractivity contribution in [2.45, 2.75) is 39.5 Å². The number of benzene rings is 1. The molecule has 0 atom stereocenters. The molecule has 0 N–H and O–H groups in total. The summed E-state index contributed by atoms with van der Waals surface area (Å²) in [5.74, 6) is 0. The monoisotopic (exact) mass is 322 g/mol. The van der Waals surface area contributed by atoms with E-state index in [1.165, 1.54) is 20.5 Å². The first kappa shape index (κ1) is 16.2. The SMILES string of the molecule is CCCc1c(CC)nn(C(=O)n2cccn2)c1Cc1ccccc1. The Hall–Kier alpha value is -2.69. The maximum atomic E-state index is 12.8. The highest BCUT2D eigenvalue weighted by Crippen LogP contribution is 2.21. The van der Waals surface area contributed by atoms with Crippen LogP contribution in [0.4, 0.5) is 4.79 Å². The van der Waals surface area contributed by atoms with Crippen LogP contribution in [0.15, 0.2) is 48.8 Å². The molecule has 0 aliphatic rings. The quantitative estimate of drug-likeness (QED) is 0.719. The zero-order valence-electron chi connectivity index (χ0n) is 14.1. The molecule has 3 rings (SSSR count). The predicted octanol–water partition coefficient (Wildman–Crippen LogP) is 3.70. The lowest BCUT2D eigenvalue weighted by atomic mass is 10.0. The predicted molar refractivity (Wildman–Crippen MR) is 93.3 cm³/mol. The van der Waals surface area contributed by atoms with Gasteiger partial charge in [-0.25, -0.2) is 4.79 Å². The first-order valence-electron chi connectivity index (χ1n) is 8.42. The molecule has 0 aliphatic heterocycles. The molecule has 0 saturated heterocycles. The van der Waals surface area contributed by atoms with Gasteiger partial charge in [-0.3, -0.25) is 0 Å². The van der Waals surface area contributed by atoms with Gasteiger partial charge in [-0.2, -0.15) is 19.6 Å². The fourth-order valence-corrected chi connectivity index (χ4v) is 2.97. The van der Waals surface area contributed by atoms with Gasteiger partial charge in [0.25, 0.3) is 0 Å². The van der Waals surface area contributed by atoms with Crippen LogP contribution >= 0.6 is 0 Å². The van der Waals surface area contributed by atoms with Crippen LogP contribution in [0.25, 0.3) is 0 Å². The van der Waals surface area contributed by atoms with E-state index in [-0.39, 0.29) is 6.03 Å². The molecule has 24 heavy (non-hydrogen) atoms. The maximum absolute atomic E-state index is 12.8. The number of carbonyl (C=O) groups is 1. The van der Waals surface area contributed by atoms with Crippen molar-refractivity contribution in [3.05, 3.63) is 71.3 Å². The molecule has 124 valence electrons. The van der Waals surface area contributed by atoms with Crippen LogP contribution in [0.5, 0.6) is 0 Å². The van der Waals surface area contributed by atoms with E-state index in [1.807, 2.05) is 18.2 Å². The number of aryl methyl sites for hydroxylation is 1. The molecule has 0 radical (unpaired) electrons. The lowest BCUT2D eigenvalue weighted by Crippen LogP contribution is -2.23. The summed E-state index contributed by atoms with van der Waals surface area (Å²) in [6.45, 7) is 4.23. The summed E-state index contributed by atoms with van der Waals surface area (Å²) >= 11 is 0. The van der Waals surface area contributed by atoms with Crippen LogP contribution < -0.4 is 0 Å². The number of nitrogens with zero attached hydrogens (tertiary/aromatic N) is 4. The Morgan fingerprint density at radius 2 is 1.92 bits per heavy atom. The summed E-state index contributed by atoms with van der Waals surface area (Å²) in [4.78, 5) is 12.8. The van der Waals surface area contributed by atoms with Gasteiger partial charge in [0, 0.05) is 18.8 Å². The van der Waals surface area contributed by atoms with Gasteiger partial charge in [0.1, 0.15) is 0 Å². The summed E-state index contributed by atoms with van der Waals surface area (Å²) in [5.41, 5.74) is 4.35. The standard InChI is InChI=1S/C19H22N4O/c1-3-9-16-17(4-2)21-23(19(24)22-13-8-12-20-22)18(16)14-15-10-6-5-7-11-15/h5-8,10-13H,3-4,9,14H2,1-2H3. The molecule has 0 amide bonds. The van der Waals surface area contributed by atoms with Crippen LogP contribution in [0, 0.1) is 0 Å². The Labute approximate surface area is 141 Å². The number of hydrogen-bond donors (Lipinski definition) is 0. The number of aromatic nitrogens is 4. The van der Waals surface area contributed by atoms with E-state index in [9.17, 15) is 4.79 Å². The van der Waals surface area contributed by atoms with Gasteiger partial charge < -0.3 is 0 Å². The average molecular weight is 322 g/mol. The molecular weight excluding hydrogens is 300 g/mol. The van der Waals surface area contributed by atoms with Gasteiger partial charge in [0.2, 0.25) is 0 Å². The van der Waals surface area contributed by atoms with Gasteiger partial charge in [-0.15, -0.1) is 0 Å². The average Bonchev–Trinajstić information content (AvgIpc) is 3.25. The maximum Gasteiger partial charge on any atom is 0.369 e. The van der Waals surface area contributed by atoms with Crippen molar-refractivity contribution >= 4 is 6.03 Å². The lowest BCUT2D eigenvalue weighted by molar-refractivity contribution is 0.237. The molecule has 5 heteroatoms. The van der Waals surface area contributed by atoms with Crippen molar-refractivity contribution in [2.75, 3.05) is 0 Å². The van der Waals surface area contributed by atoms with Crippen molar-refractivity contribution in [1.82, 2.24) is 19.6 Å². The summed E-state index contributed by atoms with van der Waals surface area (Å²) in [7, 11) is 0. The van der Waals surface area contributed by atoms with Crippen LogP contribution in [0.1, 0.15) is 42.8 Å². The van der Waals surface area contributed by atoms with Crippen molar-refractivity contribution in [3.63, 3.8) is 0 Å². The van der Waals surface area contributed by atoms with E-state index < -0.39 is 0 Å². The van der Waals surface area contributed by atoms with Crippen LogP contribution in [0.3, 0.4) is 0 Å². The Balaban J connectivity index is 2.08. The molecule has 0 unspecified atom stereocenters. The molecule has 3 aromatic rings. The summed E-state index contributed by atoms with van der Waals surface area (Å²) in [5, 5.41) is 8.66. The van der Waals surface area contributed by atoms with Gasteiger partial charge in [-0.1, -0.05) is 50.6 Å². The zero-order chi connectivity index (χ0) is 16.9. The largest absolute Gasteiger partial charge is 0.369 e. The van der Waals surface area contributed by atoms with Gasteiger partial charge in [-0.05, 0) is 30.0 Å². The third kappa shape index (κ3) is 3.15. The molecular formula is C19H22N4O. The molecule has 0 aliphatic carbocycles. The smallest absolute Gasteiger partial charge is 0.244 e. The summed E-state index contributed by atoms with van der Waals surface area (Å²) < 4.78 is 2.86. The topological polar surface area (TPSA) is 52.7 Å². The minimum Gasteiger partial charge on any atom is -0.244 e. The second kappa shape index (κ2) is 7.25. The normalized spacial score (nSPS) is 10.9. The Morgan fingerprint density at radius 1 is 1.12 bits per heavy atom. The summed E-state index contributed by atoms with van der Waals surface area (Å²) in [6, 6.07) is 11.7. The third-order valence-electron chi connectivity index (χ3n) is 4.10. The fourth-order valence-electron chi connectivity index (χ4n) is 2.97. The second-order valence-corrected chi connectivity index (χ2v) is 5.78. The first-order chi connectivity index (χ1) is 11.7. The zero-order valence-corrected chi connectivity index (χ0v) is 14.1. The fraction of sp³-hybridized carbons (Fsp3) is 0.316. The highest BCUT2D eigenvalue weighted by atomic mass is 16.2. The van der Waals surface area contributed by atoms with E-state index >= 15 is 0 Å². The van der Waals surface area contributed by atoms with Crippen LogP contribution in [0.2, 0.25) is 0 Å². The Bertz CT molecular complexity index is 804. The molecule has 2 heterocycles. The molecule has 5 nitrogen and oxygen atoms in total. The van der Waals surface area contributed by atoms with Crippen molar-refractivity contribution in [3.8, 4) is 0 Å². The molecule has 0 saturated carbocycles. The third-order valence-corrected chi connectivity index (χ3v) is 4.10. The molecule has 2 aromatic heterocycles. The minimum atomic E-state index is -0.233. The summed E-state index contributed by atoms with van der Waals surface area (Å²) in [6.07, 6.45) is 6.72. The van der Waals surface area contributed by atoms with Crippen LogP contribution in [-0.2, 0) is 19.3 Å². The molecule has 1 aromatic carbocycles. The van der Waals surface area contributed by atoms with Crippen molar-refractivity contribution in [1.29, 1.82) is 0 Å². The Morgan fingerprint density at radius 3 is 2.54 bits per heavy atom. The van der Waals surface area contributed by atoms with Gasteiger partial charge in [0.15, 0.2) is 0 Å². The van der Waals surface area contributed by atoms with E-state index in [0.717, 1.165) is 30.7 Å². The molecule has 0 spiro atoms. The first-order valence-corrected chi connectivity index (χ1v) is 8.42. The number of rotatable bonds is 5. The second-order valence-electron chi connectivity index (χ2n) is 5.78. The van der Waals surface area contributed by atoms with E-state index in [2.05, 4.69) is 36.2 Å². The van der Waals surface area contributed by atoms with E-state index in [1.54, 1.807) is 18.5 Å². The number of hydrogen-bond acceptors (Lipinski definition) is 3. The highest BCUT2D eigenvalue weighted by molar-refractivity contribution is 5.78. The van der Waals surface area contributed by atoms with Crippen molar-refractivity contribution < 1.29 is 4.79 Å². The van der Waals surface area contributed by atoms with E-state index in [4.69, 9.17) is 0 Å². The minimum absolute atomic E-state index is 0.233. The number of carbonyl (C=O) groups excluding carboxylic acids is 1. The van der Waals surface area contributed by atoms with Gasteiger partial charge >= 0.3 is 6.03 Å². The Kier molecular flexibility index (Phi) is 4.89. The van der Waals surface area contributed by atoms with Crippen molar-refractivity contribution in [2.24, 2.45) is 0 Å². The van der Waals surface area contributed by atoms with Crippen LogP contribution in [-0.4, -0.2) is 25.6 Å². The lowest BCUT2D eigenvalue weighted by Gasteiger charge is -2.09. The highest BCUT2D eigenvalue weighted by Gasteiger charge is 2.21. The molecule has 0 bridgehead atoms. The van der Waals surface area contributed by atoms with E-state index in [0.29, 0.717) is 6.42 Å². The molecule has 0 fully saturated rings.